The highest BCUT2D eigenvalue weighted by molar-refractivity contribution is 8.08. The smallest absolute Gasteiger partial charge is 0.389 e. The number of β-amino-alcohol motifs (C(OH)–C–C–N with tert-alkyl or cyclic N) is 1. The molecule has 10 heteroatoms. The van der Waals surface area contributed by atoms with Crippen LogP contribution in [0.2, 0.25) is 0 Å². The van der Waals surface area contributed by atoms with Gasteiger partial charge in [0, 0.05) is 41.8 Å². The van der Waals surface area contributed by atoms with Gasteiger partial charge in [-0.25, -0.2) is 4.98 Å². The minimum Gasteiger partial charge on any atom is -0.389 e. The number of carbonyl (C=O) groups excluding carboxylic acids is 1. The number of amides is 1. The fourth-order valence-corrected chi connectivity index (χ4v) is 6.40. The maximum absolute atomic E-state index is 14.3. The van der Waals surface area contributed by atoms with E-state index < -0.39 is 17.3 Å². The van der Waals surface area contributed by atoms with Crippen molar-refractivity contribution in [3.8, 4) is 0 Å². The molecule has 1 aromatic rings. The normalized spacial score (nSPS) is 22.3. The van der Waals surface area contributed by atoms with Gasteiger partial charge in [0.1, 0.15) is 11.5 Å². The minimum absolute atomic E-state index is 0.0214. The molecular formula is C25H35F3N4O2S. The maximum Gasteiger partial charge on any atom is 0.417 e. The summed E-state index contributed by atoms with van der Waals surface area (Å²) >= 11 is 1.20. The largest absolute Gasteiger partial charge is 0.417 e. The standard InChI is InChI=1S/C25H35F3N4O2S/c1-16-8-7-11-32(16)23(33)21-22(35-15-31(21)14-24(2,3)34)18-13-29-20(12-19(18)25(26,27)28)30-17-9-5-4-6-10-17/h12-13,16-17,34H,4-11,14-15H2,1-3H3,(H,29,30)/t16-/m0/s1. The summed E-state index contributed by atoms with van der Waals surface area (Å²) in [6.45, 7) is 5.94. The third kappa shape index (κ3) is 6.07. The SMILES string of the molecule is C[C@H]1CCCN1C(=O)C1=C(c2cnc(NC3CCCCC3)cc2C(F)(F)F)SCN1CC(C)(C)O. The van der Waals surface area contributed by atoms with E-state index >= 15 is 0 Å². The van der Waals surface area contributed by atoms with Crippen LogP contribution in [0.5, 0.6) is 0 Å². The van der Waals surface area contributed by atoms with Crippen LogP contribution in [0.25, 0.3) is 4.91 Å². The number of likely N-dealkylation sites (tertiary alicyclic amines) is 1. The highest BCUT2D eigenvalue weighted by Gasteiger charge is 2.41. The molecule has 1 aromatic heterocycles. The van der Waals surface area contributed by atoms with Gasteiger partial charge in [-0.1, -0.05) is 19.3 Å². The lowest BCUT2D eigenvalue weighted by Gasteiger charge is -2.31. The molecule has 2 aliphatic heterocycles. The highest BCUT2D eigenvalue weighted by Crippen LogP contribution is 2.46. The number of aromatic nitrogens is 1. The second-order valence-electron chi connectivity index (χ2n) is 10.5. The van der Waals surface area contributed by atoms with Crippen molar-refractivity contribution >= 4 is 28.4 Å². The topological polar surface area (TPSA) is 68.7 Å². The van der Waals surface area contributed by atoms with Gasteiger partial charge in [0.05, 0.1) is 17.0 Å². The molecule has 0 unspecified atom stereocenters. The molecule has 0 radical (unpaired) electrons. The van der Waals surface area contributed by atoms with E-state index in [2.05, 4.69) is 10.3 Å². The first kappa shape index (κ1) is 26.1. The average molecular weight is 513 g/mol. The van der Waals surface area contributed by atoms with Gasteiger partial charge in [0.2, 0.25) is 0 Å². The highest BCUT2D eigenvalue weighted by atomic mass is 32.2. The molecule has 35 heavy (non-hydrogen) atoms. The quantitative estimate of drug-likeness (QED) is 0.539. The van der Waals surface area contributed by atoms with Crippen LogP contribution in [-0.4, -0.2) is 62.4 Å². The Bertz CT molecular complexity index is 970. The van der Waals surface area contributed by atoms with E-state index in [0.717, 1.165) is 51.0 Å². The molecule has 1 saturated heterocycles. The average Bonchev–Trinajstić information content (AvgIpc) is 3.38. The summed E-state index contributed by atoms with van der Waals surface area (Å²) in [5.74, 6) is 0.227. The first-order chi connectivity index (χ1) is 16.4. The fourth-order valence-electron chi connectivity index (χ4n) is 5.23. The monoisotopic (exact) mass is 512 g/mol. The lowest BCUT2D eigenvalue weighted by Crippen LogP contribution is -2.43. The number of halogens is 3. The van der Waals surface area contributed by atoms with E-state index in [-0.39, 0.29) is 46.5 Å². The van der Waals surface area contributed by atoms with Crippen molar-refractivity contribution < 1.29 is 23.1 Å². The number of alkyl halides is 3. The lowest BCUT2D eigenvalue weighted by atomic mass is 9.95. The molecule has 2 N–H and O–H groups in total. The second-order valence-corrected chi connectivity index (χ2v) is 11.5. The van der Waals surface area contributed by atoms with Gasteiger partial charge in [-0.2, -0.15) is 13.2 Å². The first-order valence-electron chi connectivity index (χ1n) is 12.4. The van der Waals surface area contributed by atoms with Crippen LogP contribution in [-0.2, 0) is 11.0 Å². The van der Waals surface area contributed by atoms with Crippen LogP contribution in [0.4, 0.5) is 19.0 Å². The van der Waals surface area contributed by atoms with Gasteiger partial charge in [0.15, 0.2) is 0 Å². The van der Waals surface area contributed by atoms with Gasteiger partial charge in [0.25, 0.3) is 5.91 Å². The van der Waals surface area contributed by atoms with Crippen LogP contribution in [0.1, 0.15) is 76.8 Å². The van der Waals surface area contributed by atoms with Gasteiger partial charge >= 0.3 is 6.18 Å². The molecule has 1 saturated carbocycles. The van der Waals surface area contributed by atoms with E-state index in [9.17, 15) is 23.1 Å². The van der Waals surface area contributed by atoms with Crippen molar-refractivity contribution in [3.63, 3.8) is 0 Å². The predicted octanol–water partition coefficient (Wildman–Crippen LogP) is 5.30. The molecule has 0 aromatic carbocycles. The van der Waals surface area contributed by atoms with E-state index in [4.69, 9.17) is 0 Å². The molecule has 3 heterocycles. The summed E-state index contributed by atoms with van der Waals surface area (Å²) in [6, 6.07) is 1.23. The van der Waals surface area contributed by atoms with Gasteiger partial charge in [-0.15, -0.1) is 11.8 Å². The predicted molar refractivity (Wildman–Crippen MR) is 133 cm³/mol. The number of nitrogens with zero attached hydrogens (tertiary/aromatic N) is 3. The Hall–Kier alpha value is -1.94. The maximum atomic E-state index is 14.3. The molecule has 4 rings (SSSR count). The van der Waals surface area contributed by atoms with Gasteiger partial charge < -0.3 is 20.2 Å². The zero-order chi connectivity index (χ0) is 25.4. The van der Waals surface area contributed by atoms with Crippen LogP contribution >= 0.6 is 11.8 Å². The lowest BCUT2D eigenvalue weighted by molar-refractivity contribution is -0.138. The summed E-state index contributed by atoms with van der Waals surface area (Å²) < 4.78 is 42.9. The van der Waals surface area contributed by atoms with E-state index in [1.54, 1.807) is 23.6 Å². The number of aliphatic hydroxyl groups is 1. The van der Waals surface area contributed by atoms with Crippen LogP contribution in [0.3, 0.4) is 0 Å². The summed E-state index contributed by atoms with van der Waals surface area (Å²) in [4.78, 5) is 21.7. The summed E-state index contributed by atoms with van der Waals surface area (Å²) in [7, 11) is 0. The molecule has 3 aliphatic rings. The number of hydrogen-bond donors (Lipinski definition) is 2. The molecule has 1 amide bonds. The Kier molecular flexibility index (Phi) is 7.62. The number of carbonyl (C=O) groups is 1. The van der Waals surface area contributed by atoms with Crippen molar-refractivity contribution in [1.29, 1.82) is 0 Å². The number of hydrogen-bond acceptors (Lipinski definition) is 6. The first-order valence-corrected chi connectivity index (χ1v) is 13.4. The zero-order valence-electron chi connectivity index (χ0n) is 20.6. The Morgan fingerprint density at radius 3 is 2.51 bits per heavy atom. The number of pyridine rings is 1. The Labute approximate surface area is 209 Å². The van der Waals surface area contributed by atoms with Gasteiger partial charge in [-0.3, -0.25) is 4.79 Å². The van der Waals surface area contributed by atoms with E-state index in [1.807, 2.05) is 6.92 Å². The molecular weight excluding hydrogens is 477 g/mol. The number of anilines is 1. The van der Waals surface area contributed by atoms with E-state index in [0.29, 0.717) is 12.4 Å². The summed E-state index contributed by atoms with van der Waals surface area (Å²) in [5, 5.41) is 13.6. The Balaban J connectivity index is 1.75. The summed E-state index contributed by atoms with van der Waals surface area (Å²) in [6.07, 6.45) is 3.49. The molecule has 1 aliphatic carbocycles. The van der Waals surface area contributed by atoms with Gasteiger partial charge in [-0.05, 0) is 52.5 Å². The third-order valence-electron chi connectivity index (χ3n) is 6.90. The van der Waals surface area contributed by atoms with E-state index in [1.165, 1.54) is 18.0 Å². The molecule has 6 nitrogen and oxygen atoms in total. The fraction of sp³-hybridized carbons (Fsp3) is 0.680. The van der Waals surface area contributed by atoms with Crippen molar-refractivity contribution in [3.05, 3.63) is 29.1 Å². The number of nitrogens with one attached hydrogen (secondary N) is 1. The van der Waals surface area contributed by atoms with Crippen molar-refractivity contribution in [2.45, 2.75) is 89.6 Å². The molecule has 1 atom stereocenters. The third-order valence-corrected chi connectivity index (χ3v) is 8.04. The minimum atomic E-state index is -4.60. The van der Waals surface area contributed by atoms with Crippen molar-refractivity contribution in [2.24, 2.45) is 0 Å². The van der Waals surface area contributed by atoms with Crippen LogP contribution in [0, 0.1) is 0 Å². The van der Waals surface area contributed by atoms with Crippen molar-refractivity contribution in [2.75, 3.05) is 24.3 Å². The van der Waals surface area contributed by atoms with Crippen LogP contribution in [0.15, 0.2) is 18.0 Å². The van der Waals surface area contributed by atoms with Crippen molar-refractivity contribution in [1.82, 2.24) is 14.8 Å². The molecule has 194 valence electrons. The summed E-state index contributed by atoms with van der Waals surface area (Å²) in [5.41, 5.74) is -1.76. The molecule has 0 spiro atoms. The number of thioether (sulfide) groups is 1. The second kappa shape index (κ2) is 10.2. The molecule has 2 fully saturated rings. The zero-order valence-corrected chi connectivity index (χ0v) is 21.4. The number of rotatable bonds is 6. The van der Waals surface area contributed by atoms with Crippen LogP contribution < -0.4 is 5.32 Å². The molecule has 0 bridgehead atoms. The Morgan fingerprint density at radius 2 is 1.91 bits per heavy atom. The Morgan fingerprint density at radius 1 is 1.20 bits per heavy atom.